The van der Waals surface area contributed by atoms with Crippen LogP contribution in [0.1, 0.15) is 38.7 Å². The predicted octanol–water partition coefficient (Wildman–Crippen LogP) is 1.13. The lowest BCUT2D eigenvalue weighted by Gasteiger charge is -2.26. The summed E-state index contributed by atoms with van der Waals surface area (Å²) in [4.78, 5) is 37.4. The zero-order valence-corrected chi connectivity index (χ0v) is 14.7. The molecule has 0 radical (unpaired) electrons. The molecule has 0 unspecified atom stereocenters. The Balaban J connectivity index is 3.42. The Labute approximate surface area is 146 Å². The number of aliphatic hydroxyl groups excluding tert-OH is 1. The van der Waals surface area contributed by atoms with E-state index in [0.29, 0.717) is 5.76 Å². The van der Waals surface area contributed by atoms with Crippen molar-refractivity contribution in [3.63, 3.8) is 0 Å². The topological polar surface area (TPSA) is 112 Å². The summed E-state index contributed by atoms with van der Waals surface area (Å²) in [6.45, 7) is 4.71. The zero-order chi connectivity index (χ0) is 18.9. The number of esters is 3. The lowest BCUT2D eigenvalue weighted by atomic mass is 9.81. The summed E-state index contributed by atoms with van der Waals surface area (Å²) in [5, 5.41) is 9.02. The zero-order valence-electron chi connectivity index (χ0n) is 14.7. The SMILES string of the molecule is CCOC(=O)CC(C(=O)OCC)(C(=O)OCC)c1ccc(CCO)o1. The third kappa shape index (κ3) is 4.82. The summed E-state index contributed by atoms with van der Waals surface area (Å²) in [6, 6.07) is 2.92. The first kappa shape index (κ1) is 20.7. The van der Waals surface area contributed by atoms with Gasteiger partial charge in [0.15, 0.2) is 0 Å². The van der Waals surface area contributed by atoms with E-state index >= 15 is 0 Å². The largest absolute Gasteiger partial charge is 0.466 e. The Morgan fingerprint density at radius 2 is 1.56 bits per heavy atom. The third-order valence-electron chi connectivity index (χ3n) is 3.40. The Kier molecular flexibility index (Phi) is 8.13. The smallest absolute Gasteiger partial charge is 0.332 e. The Morgan fingerprint density at radius 1 is 1.00 bits per heavy atom. The first-order chi connectivity index (χ1) is 12.0. The maximum Gasteiger partial charge on any atom is 0.332 e. The van der Waals surface area contributed by atoms with Crippen LogP contribution in [0.3, 0.4) is 0 Å². The van der Waals surface area contributed by atoms with Gasteiger partial charge in [-0.3, -0.25) is 14.4 Å². The van der Waals surface area contributed by atoms with Gasteiger partial charge in [0, 0.05) is 6.42 Å². The Morgan fingerprint density at radius 3 is 2.04 bits per heavy atom. The van der Waals surface area contributed by atoms with Gasteiger partial charge in [0.1, 0.15) is 11.5 Å². The van der Waals surface area contributed by atoms with Crippen LogP contribution in [0.15, 0.2) is 16.5 Å². The molecule has 0 amide bonds. The molecule has 0 aliphatic carbocycles. The molecule has 1 aromatic rings. The maximum absolute atomic E-state index is 12.6. The molecule has 1 N–H and O–H groups in total. The minimum atomic E-state index is -2.09. The molecule has 1 rings (SSSR count). The van der Waals surface area contributed by atoms with Crippen LogP contribution < -0.4 is 0 Å². The first-order valence-electron chi connectivity index (χ1n) is 8.16. The summed E-state index contributed by atoms with van der Waals surface area (Å²) >= 11 is 0. The second-order valence-corrected chi connectivity index (χ2v) is 5.07. The molecule has 25 heavy (non-hydrogen) atoms. The minimum Gasteiger partial charge on any atom is -0.466 e. The lowest BCUT2D eigenvalue weighted by Crippen LogP contribution is -2.48. The van der Waals surface area contributed by atoms with E-state index in [2.05, 4.69) is 0 Å². The molecule has 0 bridgehead atoms. The fraction of sp³-hybridized carbons (Fsp3) is 0.588. The predicted molar refractivity (Wildman–Crippen MR) is 85.7 cm³/mol. The van der Waals surface area contributed by atoms with E-state index in [9.17, 15) is 14.4 Å². The van der Waals surface area contributed by atoms with Crippen LogP contribution in [0.5, 0.6) is 0 Å². The number of hydrogen-bond donors (Lipinski definition) is 1. The van der Waals surface area contributed by atoms with Gasteiger partial charge in [-0.2, -0.15) is 0 Å². The van der Waals surface area contributed by atoms with Crippen molar-refractivity contribution in [2.24, 2.45) is 0 Å². The van der Waals surface area contributed by atoms with Crippen molar-refractivity contribution in [3.05, 3.63) is 23.7 Å². The van der Waals surface area contributed by atoms with Crippen molar-refractivity contribution in [2.75, 3.05) is 26.4 Å². The lowest BCUT2D eigenvalue weighted by molar-refractivity contribution is -0.170. The summed E-state index contributed by atoms with van der Waals surface area (Å²) < 4.78 is 20.5. The molecule has 8 heteroatoms. The van der Waals surface area contributed by atoms with Crippen molar-refractivity contribution in [3.8, 4) is 0 Å². The van der Waals surface area contributed by atoms with E-state index < -0.39 is 29.7 Å². The van der Waals surface area contributed by atoms with Gasteiger partial charge >= 0.3 is 17.9 Å². The van der Waals surface area contributed by atoms with Crippen molar-refractivity contribution in [1.29, 1.82) is 0 Å². The van der Waals surface area contributed by atoms with E-state index in [1.54, 1.807) is 20.8 Å². The average molecular weight is 356 g/mol. The number of rotatable bonds is 10. The molecule has 0 aromatic carbocycles. The summed E-state index contributed by atoms with van der Waals surface area (Å²) in [6.07, 6.45) is -0.411. The second kappa shape index (κ2) is 9.83. The van der Waals surface area contributed by atoms with Crippen molar-refractivity contribution in [1.82, 2.24) is 0 Å². The molecule has 0 aliphatic heterocycles. The molecule has 140 valence electrons. The Hall–Kier alpha value is -2.35. The molecule has 1 aromatic heterocycles. The standard InChI is InChI=1S/C17H24O8/c1-4-22-14(19)11-17(15(20)23-5-2,16(21)24-6-3)13-8-7-12(25-13)9-10-18/h7-8,18H,4-6,9-11H2,1-3H3. The van der Waals surface area contributed by atoms with Crippen molar-refractivity contribution < 1.29 is 38.1 Å². The minimum absolute atomic E-state index is 0.00696. The highest BCUT2D eigenvalue weighted by Gasteiger charge is 2.55. The molecule has 1 heterocycles. The van der Waals surface area contributed by atoms with Crippen LogP contribution in [0.25, 0.3) is 0 Å². The molecule has 0 aliphatic rings. The molecular weight excluding hydrogens is 332 g/mol. The van der Waals surface area contributed by atoms with Gasteiger partial charge in [0.2, 0.25) is 5.41 Å². The molecule has 0 fully saturated rings. The molecule has 0 saturated heterocycles. The quantitative estimate of drug-likeness (QED) is 0.377. The molecule has 0 spiro atoms. The summed E-state index contributed by atoms with van der Waals surface area (Å²) in [5.74, 6) is -2.39. The molecule has 0 atom stereocenters. The summed E-state index contributed by atoms with van der Waals surface area (Å²) in [7, 11) is 0. The van der Waals surface area contributed by atoms with E-state index in [4.69, 9.17) is 23.7 Å². The molecular formula is C17H24O8. The van der Waals surface area contributed by atoms with Crippen LogP contribution in [-0.2, 0) is 40.4 Å². The first-order valence-corrected chi connectivity index (χ1v) is 8.16. The highest BCUT2D eigenvalue weighted by atomic mass is 16.6. The number of furan rings is 1. The van der Waals surface area contributed by atoms with Crippen molar-refractivity contribution in [2.45, 2.75) is 39.0 Å². The fourth-order valence-electron chi connectivity index (χ4n) is 2.30. The van der Waals surface area contributed by atoms with Gasteiger partial charge in [0.05, 0.1) is 32.8 Å². The van der Waals surface area contributed by atoms with Gasteiger partial charge < -0.3 is 23.7 Å². The Bertz CT molecular complexity index is 571. The van der Waals surface area contributed by atoms with E-state index in [0.717, 1.165) is 0 Å². The normalized spacial score (nSPS) is 11.0. The van der Waals surface area contributed by atoms with Crippen molar-refractivity contribution >= 4 is 17.9 Å². The van der Waals surface area contributed by atoms with Crippen LogP contribution in [0.2, 0.25) is 0 Å². The molecule has 0 saturated carbocycles. The number of ether oxygens (including phenoxy) is 3. The van der Waals surface area contributed by atoms with Crippen LogP contribution >= 0.6 is 0 Å². The van der Waals surface area contributed by atoms with Crippen LogP contribution in [0.4, 0.5) is 0 Å². The highest BCUT2D eigenvalue weighted by molar-refractivity contribution is 6.08. The number of hydrogen-bond acceptors (Lipinski definition) is 8. The van der Waals surface area contributed by atoms with E-state index in [1.807, 2.05) is 0 Å². The number of aliphatic hydroxyl groups is 1. The fourth-order valence-corrected chi connectivity index (χ4v) is 2.30. The van der Waals surface area contributed by atoms with Crippen LogP contribution in [-0.4, -0.2) is 49.4 Å². The van der Waals surface area contributed by atoms with Crippen LogP contribution in [0, 0.1) is 0 Å². The van der Waals surface area contributed by atoms with Gasteiger partial charge in [0.25, 0.3) is 0 Å². The molecule has 8 nitrogen and oxygen atoms in total. The monoisotopic (exact) mass is 356 g/mol. The van der Waals surface area contributed by atoms with E-state index in [1.165, 1.54) is 12.1 Å². The van der Waals surface area contributed by atoms with Gasteiger partial charge in [-0.05, 0) is 32.9 Å². The highest BCUT2D eigenvalue weighted by Crippen LogP contribution is 2.34. The van der Waals surface area contributed by atoms with E-state index in [-0.39, 0.29) is 38.6 Å². The number of carbonyl (C=O) groups excluding carboxylic acids is 3. The van der Waals surface area contributed by atoms with Gasteiger partial charge in [-0.25, -0.2) is 0 Å². The summed E-state index contributed by atoms with van der Waals surface area (Å²) in [5.41, 5.74) is -2.09. The number of carbonyl (C=O) groups is 3. The third-order valence-corrected chi connectivity index (χ3v) is 3.40. The van der Waals surface area contributed by atoms with Gasteiger partial charge in [-0.1, -0.05) is 0 Å². The average Bonchev–Trinajstić information content (AvgIpc) is 3.02. The van der Waals surface area contributed by atoms with Gasteiger partial charge in [-0.15, -0.1) is 0 Å². The second-order valence-electron chi connectivity index (χ2n) is 5.07. The maximum atomic E-state index is 12.6.